The van der Waals surface area contributed by atoms with Gasteiger partial charge in [0.25, 0.3) is 6.02 Å². The molecule has 0 aliphatic heterocycles. The number of ether oxygens (including phenoxy) is 1. The van der Waals surface area contributed by atoms with E-state index >= 15 is 0 Å². The van der Waals surface area contributed by atoms with E-state index in [-0.39, 0.29) is 17.8 Å². The molecule has 0 fully saturated rings. The summed E-state index contributed by atoms with van der Waals surface area (Å²) in [6.45, 7) is -0.835. The Morgan fingerprint density at radius 2 is 2.00 bits per heavy atom. The number of benzene rings is 2. The van der Waals surface area contributed by atoms with Gasteiger partial charge in [-0.1, -0.05) is 0 Å². The molecule has 6 N–H and O–H groups in total. The number of hydrogen-bond acceptors (Lipinski definition) is 7. The highest BCUT2D eigenvalue weighted by Gasteiger charge is 2.20. The highest BCUT2D eigenvalue weighted by molar-refractivity contribution is 7.98. The first-order valence-electron chi connectivity index (χ1n) is 8.21. The fraction of sp³-hybridized carbons (Fsp3) is 0.222. The van der Waals surface area contributed by atoms with Crippen LogP contribution >= 0.6 is 11.8 Å². The Morgan fingerprint density at radius 3 is 2.62 bits per heavy atom. The van der Waals surface area contributed by atoms with Gasteiger partial charge in [-0.15, -0.1) is 11.8 Å². The molecule has 0 aliphatic rings. The van der Waals surface area contributed by atoms with Crippen LogP contribution < -0.4 is 11.1 Å². The predicted molar refractivity (Wildman–Crippen MR) is 105 cm³/mol. The van der Waals surface area contributed by atoms with Crippen LogP contribution in [0, 0.1) is 22.9 Å². The van der Waals surface area contributed by atoms with Crippen molar-refractivity contribution in [1.82, 2.24) is 0 Å². The molecule has 7 nitrogen and oxygen atoms in total. The van der Waals surface area contributed by atoms with E-state index in [2.05, 4.69) is 10.3 Å². The van der Waals surface area contributed by atoms with Gasteiger partial charge >= 0.3 is 0 Å². The van der Waals surface area contributed by atoms with Crippen LogP contribution in [0.3, 0.4) is 0 Å². The molecule has 0 radical (unpaired) electrons. The van der Waals surface area contributed by atoms with E-state index in [1.165, 1.54) is 23.9 Å². The number of nitrogens with one attached hydrogen (secondary N) is 2. The Hall–Kier alpha value is -2.76. The lowest BCUT2D eigenvalue weighted by Crippen LogP contribution is -2.25. The fourth-order valence-electron chi connectivity index (χ4n) is 2.17. The van der Waals surface area contributed by atoms with E-state index in [0.717, 1.165) is 12.1 Å². The van der Waals surface area contributed by atoms with E-state index in [1.807, 2.05) is 0 Å². The molecular weight excluding hydrogens is 409 g/mol. The summed E-state index contributed by atoms with van der Waals surface area (Å²) >= 11 is 1.31. The number of rotatable bonds is 7. The van der Waals surface area contributed by atoms with Gasteiger partial charge < -0.3 is 26.0 Å². The summed E-state index contributed by atoms with van der Waals surface area (Å²) in [6.07, 6.45) is 0.593. The summed E-state index contributed by atoms with van der Waals surface area (Å²) in [5.74, 6) is -3.93. The van der Waals surface area contributed by atoms with Crippen LogP contribution in [0.5, 0.6) is 0 Å². The first kappa shape index (κ1) is 22.5. The zero-order valence-electron chi connectivity index (χ0n) is 15.2. The van der Waals surface area contributed by atoms with Crippen LogP contribution in [-0.4, -0.2) is 47.6 Å². The van der Waals surface area contributed by atoms with Gasteiger partial charge in [-0.2, -0.15) is 0 Å². The Labute approximate surface area is 168 Å². The Morgan fingerprint density at radius 1 is 1.28 bits per heavy atom. The number of anilines is 2. The van der Waals surface area contributed by atoms with Gasteiger partial charge in [0.2, 0.25) is 5.90 Å². The number of aliphatic imine (C=N–C) groups is 1. The number of aliphatic hydroxyl groups excluding tert-OH is 2. The molecule has 0 aromatic heterocycles. The van der Waals surface area contributed by atoms with Crippen molar-refractivity contribution in [3.8, 4) is 0 Å². The lowest BCUT2D eigenvalue weighted by Gasteiger charge is -2.15. The van der Waals surface area contributed by atoms with Gasteiger partial charge in [-0.25, -0.2) is 18.2 Å². The fourth-order valence-corrected chi connectivity index (χ4v) is 2.59. The molecule has 29 heavy (non-hydrogen) atoms. The second-order valence-electron chi connectivity index (χ2n) is 5.70. The number of halogens is 3. The third-order valence-corrected chi connectivity index (χ3v) is 4.38. The van der Waals surface area contributed by atoms with E-state index in [1.54, 1.807) is 12.3 Å². The normalized spacial score (nSPS) is 12.6. The molecule has 0 bridgehead atoms. The van der Waals surface area contributed by atoms with E-state index < -0.39 is 47.8 Å². The lowest BCUT2D eigenvalue weighted by atomic mass is 10.1. The van der Waals surface area contributed by atoms with Gasteiger partial charge in [0.1, 0.15) is 5.82 Å². The number of amidine groups is 1. The first-order valence-corrected chi connectivity index (χ1v) is 9.43. The first-order chi connectivity index (χ1) is 13.8. The third-order valence-electron chi connectivity index (χ3n) is 3.65. The van der Waals surface area contributed by atoms with E-state index in [4.69, 9.17) is 21.0 Å². The van der Waals surface area contributed by atoms with Crippen LogP contribution in [0.1, 0.15) is 5.56 Å². The number of hydrogen-bond donors (Lipinski definition) is 5. The largest absolute Gasteiger partial charge is 0.407 e. The maximum absolute atomic E-state index is 14.4. The third kappa shape index (κ3) is 5.86. The summed E-state index contributed by atoms with van der Waals surface area (Å²) < 4.78 is 47.3. The molecule has 0 saturated carbocycles. The van der Waals surface area contributed by atoms with Crippen LogP contribution in [0.4, 0.5) is 24.5 Å². The Kier molecular flexibility index (Phi) is 7.88. The molecule has 2 rings (SSSR count). The van der Waals surface area contributed by atoms with Crippen molar-refractivity contribution in [2.24, 2.45) is 10.7 Å². The molecule has 0 saturated heterocycles. The summed E-state index contributed by atoms with van der Waals surface area (Å²) in [7, 11) is 0. The molecule has 0 spiro atoms. The number of nitrogens with two attached hydrogens (primary N) is 1. The van der Waals surface area contributed by atoms with E-state index in [0.29, 0.717) is 4.90 Å². The van der Waals surface area contributed by atoms with Crippen molar-refractivity contribution in [1.29, 1.82) is 5.41 Å². The second kappa shape index (κ2) is 10.1. The minimum Gasteiger partial charge on any atom is -0.407 e. The molecule has 156 valence electrons. The van der Waals surface area contributed by atoms with Crippen LogP contribution in [0.2, 0.25) is 0 Å². The van der Waals surface area contributed by atoms with Gasteiger partial charge in [-0.3, -0.25) is 5.41 Å². The molecule has 2 aromatic carbocycles. The topological polar surface area (TPSA) is 124 Å². The molecule has 0 amide bonds. The van der Waals surface area contributed by atoms with Gasteiger partial charge in [-0.05, 0) is 36.6 Å². The number of aliphatic hydroxyl groups is 2. The monoisotopic (exact) mass is 428 g/mol. The van der Waals surface area contributed by atoms with Crippen molar-refractivity contribution in [2.45, 2.75) is 11.0 Å². The highest BCUT2D eigenvalue weighted by atomic mass is 32.2. The van der Waals surface area contributed by atoms with Crippen molar-refractivity contribution in [3.63, 3.8) is 0 Å². The van der Waals surface area contributed by atoms with Crippen molar-refractivity contribution in [3.05, 3.63) is 53.3 Å². The number of nitrogens with zero attached hydrogens (tertiary/aromatic N) is 1. The maximum atomic E-state index is 14.4. The number of thioether (sulfide) groups is 1. The standard InChI is InChI=1S/C18H19F3N4O3S/c1-29-10-2-5-14(13(20)6-10)25-16-11(3-4-12(19)15(16)21)17(22)28-18(23)24-7-9(27)8-26/h2-6,9,22,25-27H,7-8H2,1H3,(H2,23,24)/t9-/m1/s1. The Balaban J connectivity index is 2.32. The molecule has 0 heterocycles. The smallest absolute Gasteiger partial charge is 0.288 e. The van der Waals surface area contributed by atoms with E-state index in [9.17, 15) is 18.3 Å². The maximum Gasteiger partial charge on any atom is 0.288 e. The minimum absolute atomic E-state index is 0.131. The predicted octanol–water partition coefficient (Wildman–Crippen LogP) is 2.58. The second-order valence-corrected chi connectivity index (χ2v) is 6.58. The van der Waals surface area contributed by atoms with Crippen molar-refractivity contribution < 1.29 is 28.1 Å². The molecule has 0 unspecified atom stereocenters. The highest BCUT2D eigenvalue weighted by Crippen LogP contribution is 2.30. The summed E-state index contributed by atoms with van der Waals surface area (Å²) in [4.78, 5) is 4.26. The zero-order valence-corrected chi connectivity index (χ0v) is 16.1. The molecule has 11 heteroatoms. The minimum atomic E-state index is -1.34. The quantitative estimate of drug-likeness (QED) is 0.262. The zero-order chi connectivity index (χ0) is 21.6. The molecule has 1 atom stereocenters. The summed E-state index contributed by atoms with van der Waals surface area (Å²) in [5.41, 5.74) is 4.60. The molecular formula is C18H19F3N4O3S. The van der Waals surface area contributed by atoms with Crippen molar-refractivity contribution >= 4 is 35.1 Å². The van der Waals surface area contributed by atoms with Gasteiger partial charge in [0, 0.05) is 4.90 Å². The average Bonchev–Trinajstić information content (AvgIpc) is 2.70. The summed E-state index contributed by atoms with van der Waals surface area (Å²) in [5, 5.41) is 28.4. The molecule has 2 aromatic rings. The Bertz CT molecular complexity index is 927. The SMILES string of the molecule is CSc1ccc(Nc2c(C(=N)OC(N)=NC[C@@H](O)CO)ccc(F)c2F)c(F)c1. The van der Waals surface area contributed by atoms with Gasteiger partial charge in [0.15, 0.2) is 11.6 Å². The lowest BCUT2D eigenvalue weighted by molar-refractivity contribution is 0.102. The average molecular weight is 428 g/mol. The van der Waals surface area contributed by atoms with Crippen molar-refractivity contribution in [2.75, 3.05) is 24.7 Å². The molecule has 0 aliphatic carbocycles. The van der Waals surface area contributed by atoms with Crippen LogP contribution in [-0.2, 0) is 4.74 Å². The summed E-state index contributed by atoms with van der Waals surface area (Å²) in [6, 6.07) is 5.48. The van der Waals surface area contributed by atoms with Gasteiger partial charge in [0.05, 0.1) is 36.2 Å². The van der Waals surface area contributed by atoms with Crippen LogP contribution in [0.25, 0.3) is 0 Å². The van der Waals surface area contributed by atoms with Crippen LogP contribution in [0.15, 0.2) is 40.2 Å².